The summed E-state index contributed by atoms with van der Waals surface area (Å²) in [5.41, 5.74) is 1.70. The zero-order valence-corrected chi connectivity index (χ0v) is 22.0. The molecule has 7 heteroatoms. The Morgan fingerprint density at radius 2 is 1.72 bits per heavy atom. The molecule has 1 saturated carbocycles. The number of nitrogens with zero attached hydrogens (tertiary/aromatic N) is 2. The predicted molar refractivity (Wildman–Crippen MR) is 138 cm³/mol. The number of likely N-dealkylation sites (tertiary alicyclic amines) is 2. The number of ether oxygens (including phenoxy) is 1. The van der Waals surface area contributed by atoms with Gasteiger partial charge in [-0.15, -0.1) is 0 Å². The van der Waals surface area contributed by atoms with Gasteiger partial charge in [0.15, 0.2) is 5.78 Å². The molecule has 3 heterocycles. The lowest BCUT2D eigenvalue weighted by atomic mass is 9.85. The Kier molecular flexibility index (Phi) is 7.23. The summed E-state index contributed by atoms with van der Waals surface area (Å²) in [4.78, 5) is 43.4. The number of benzene rings is 1. The first kappa shape index (κ1) is 25.4. The van der Waals surface area contributed by atoms with Gasteiger partial charge in [0.05, 0.1) is 6.10 Å². The van der Waals surface area contributed by atoms with Crippen LogP contribution in [-0.4, -0.2) is 77.9 Å². The number of rotatable bonds is 6. The maximum Gasteiger partial charge on any atom is 0.251 e. The van der Waals surface area contributed by atoms with E-state index < -0.39 is 12.1 Å². The van der Waals surface area contributed by atoms with E-state index in [1.54, 1.807) is 4.90 Å². The number of hydrogen-bond donors (Lipinski definition) is 1. The minimum absolute atomic E-state index is 0.0409. The standard InChI is InChI=1S/C29H41N3O4/c1-29(2,3)17-23(28(35)32-16-13-25-26(32)24(33)18-36-25)30-27(34)21-9-7-19(8-10-21)20-11-14-31(15-12-20)22-5-4-6-22/h7-10,20,22-23,25-26H,4-6,11-18H2,1-3H3,(H,30,34)/t23-,25+,26+/m0/s1. The minimum atomic E-state index is -0.680. The van der Waals surface area contributed by atoms with Crippen LogP contribution >= 0.6 is 0 Å². The molecule has 4 fully saturated rings. The molecular weight excluding hydrogens is 454 g/mol. The van der Waals surface area contributed by atoms with Crippen molar-refractivity contribution in [3.63, 3.8) is 0 Å². The lowest BCUT2D eigenvalue weighted by molar-refractivity contribution is -0.138. The fourth-order valence-electron chi connectivity index (χ4n) is 6.35. The first-order valence-electron chi connectivity index (χ1n) is 13.8. The van der Waals surface area contributed by atoms with Gasteiger partial charge in [0, 0.05) is 18.2 Å². The van der Waals surface area contributed by atoms with E-state index in [0.717, 1.165) is 6.04 Å². The van der Waals surface area contributed by atoms with E-state index in [4.69, 9.17) is 4.74 Å². The first-order valence-corrected chi connectivity index (χ1v) is 13.8. The van der Waals surface area contributed by atoms with Crippen LogP contribution in [0.25, 0.3) is 0 Å². The molecule has 0 spiro atoms. The van der Waals surface area contributed by atoms with Gasteiger partial charge < -0.3 is 19.9 Å². The van der Waals surface area contributed by atoms with Gasteiger partial charge in [-0.1, -0.05) is 39.3 Å². The van der Waals surface area contributed by atoms with Crippen molar-refractivity contribution in [1.29, 1.82) is 0 Å². The van der Waals surface area contributed by atoms with Crippen molar-refractivity contribution in [2.45, 2.75) is 95.9 Å². The molecule has 7 nitrogen and oxygen atoms in total. The van der Waals surface area contributed by atoms with Crippen molar-refractivity contribution in [1.82, 2.24) is 15.1 Å². The maximum atomic E-state index is 13.5. The van der Waals surface area contributed by atoms with Gasteiger partial charge in [-0.25, -0.2) is 0 Å². The van der Waals surface area contributed by atoms with E-state index in [9.17, 15) is 14.4 Å². The van der Waals surface area contributed by atoms with Crippen molar-refractivity contribution in [3.05, 3.63) is 35.4 Å². The molecule has 196 valence electrons. The third kappa shape index (κ3) is 5.37. The zero-order chi connectivity index (χ0) is 25.4. The summed E-state index contributed by atoms with van der Waals surface area (Å²) in [5.74, 6) is 0.0805. The quantitative estimate of drug-likeness (QED) is 0.653. The van der Waals surface area contributed by atoms with E-state index in [-0.39, 0.29) is 35.7 Å². The second kappa shape index (κ2) is 10.3. The Bertz CT molecular complexity index is 973. The Labute approximate surface area is 214 Å². The van der Waals surface area contributed by atoms with Crippen molar-refractivity contribution in [2.24, 2.45) is 5.41 Å². The molecule has 1 N–H and O–H groups in total. The Balaban J connectivity index is 1.22. The molecule has 36 heavy (non-hydrogen) atoms. The van der Waals surface area contributed by atoms with Crippen molar-refractivity contribution in [2.75, 3.05) is 26.2 Å². The van der Waals surface area contributed by atoms with E-state index >= 15 is 0 Å². The summed E-state index contributed by atoms with van der Waals surface area (Å²) in [7, 11) is 0. The Morgan fingerprint density at radius 1 is 1.03 bits per heavy atom. The molecule has 4 aliphatic rings. The predicted octanol–water partition coefficient (Wildman–Crippen LogP) is 3.52. The van der Waals surface area contributed by atoms with Gasteiger partial charge in [-0.05, 0) is 80.6 Å². The summed E-state index contributed by atoms with van der Waals surface area (Å²) in [5, 5.41) is 3.00. The van der Waals surface area contributed by atoms with Crippen LogP contribution in [0.3, 0.4) is 0 Å². The molecule has 1 aliphatic carbocycles. The summed E-state index contributed by atoms with van der Waals surface area (Å²) in [6.45, 7) is 9.06. The van der Waals surface area contributed by atoms with E-state index in [1.807, 2.05) is 12.1 Å². The highest BCUT2D eigenvalue weighted by molar-refractivity contribution is 5.99. The number of ketones is 1. The number of Topliss-reactive ketones (excluding diaryl/α,β-unsaturated/α-hetero) is 1. The molecule has 3 aliphatic heterocycles. The molecule has 0 radical (unpaired) electrons. The van der Waals surface area contributed by atoms with Crippen LogP contribution in [0.2, 0.25) is 0 Å². The minimum Gasteiger partial charge on any atom is -0.368 e. The fraction of sp³-hybridized carbons (Fsp3) is 0.690. The lowest BCUT2D eigenvalue weighted by Gasteiger charge is -2.42. The number of nitrogens with one attached hydrogen (secondary N) is 1. The summed E-state index contributed by atoms with van der Waals surface area (Å²) in [6.07, 6.45) is 7.39. The van der Waals surface area contributed by atoms with E-state index in [0.29, 0.717) is 30.9 Å². The summed E-state index contributed by atoms with van der Waals surface area (Å²) in [6, 6.07) is 7.57. The van der Waals surface area contributed by atoms with Gasteiger partial charge in [0.25, 0.3) is 5.91 Å². The second-order valence-corrected chi connectivity index (χ2v) is 12.4. The molecule has 5 rings (SSSR count). The molecule has 1 aromatic carbocycles. The highest BCUT2D eigenvalue weighted by atomic mass is 16.5. The molecule has 3 saturated heterocycles. The number of hydrogen-bond acceptors (Lipinski definition) is 5. The fourth-order valence-corrected chi connectivity index (χ4v) is 6.35. The molecule has 0 aromatic heterocycles. The van der Waals surface area contributed by atoms with E-state index in [1.165, 1.54) is 50.8 Å². The summed E-state index contributed by atoms with van der Waals surface area (Å²) < 4.78 is 5.55. The molecular formula is C29H41N3O4. The maximum absolute atomic E-state index is 13.5. The van der Waals surface area contributed by atoms with Crippen molar-refractivity contribution in [3.8, 4) is 0 Å². The first-order chi connectivity index (χ1) is 17.2. The molecule has 0 unspecified atom stereocenters. The smallest absolute Gasteiger partial charge is 0.251 e. The topological polar surface area (TPSA) is 79.0 Å². The average Bonchev–Trinajstić information content (AvgIpc) is 3.40. The van der Waals surface area contributed by atoms with Gasteiger partial charge in [-0.3, -0.25) is 14.4 Å². The highest BCUT2D eigenvalue weighted by Gasteiger charge is 2.48. The number of carbonyl (C=O) groups is 3. The second-order valence-electron chi connectivity index (χ2n) is 12.4. The zero-order valence-electron chi connectivity index (χ0n) is 22.0. The van der Waals surface area contributed by atoms with Gasteiger partial charge in [0.1, 0.15) is 18.7 Å². The number of amides is 2. The molecule has 2 amide bonds. The lowest BCUT2D eigenvalue weighted by Crippen LogP contribution is -2.53. The van der Waals surface area contributed by atoms with Gasteiger partial charge in [0.2, 0.25) is 5.91 Å². The van der Waals surface area contributed by atoms with Crippen LogP contribution in [-0.2, 0) is 14.3 Å². The van der Waals surface area contributed by atoms with E-state index in [2.05, 4.69) is 43.1 Å². The van der Waals surface area contributed by atoms with Crippen LogP contribution in [0.15, 0.2) is 24.3 Å². The van der Waals surface area contributed by atoms with Crippen LogP contribution < -0.4 is 5.32 Å². The van der Waals surface area contributed by atoms with Crippen LogP contribution in [0.4, 0.5) is 0 Å². The normalized spacial score (nSPS) is 26.5. The summed E-state index contributed by atoms with van der Waals surface area (Å²) >= 11 is 0. The van der Waals surface area contributed by atoms with Gasteiger partial charge >= 0.3 is 0 Å². The molecule has 0 bridgehead atoms. The molecule has 3 atom stereocenters. The number of piperidine rings is 1. The van der Waals surface area contributed by atoms with Crippen LogP contribution in [0.5, 0.6) is 0 Å². The largest absolute Gasteiger partial charge is 0.368 e. The Hall–Kier alpha value is -2.25. The third-order valence-electron chi connectivity index (χ3n) is 8.58. The van der Waals surface area contributed by atoms with Crippen molar-refractivity contribution >= 4 is 17.6 Å². The number of fused-ring (bicyclic) bond motifs is 1. The SMILES string of the molecule is CC(C)(C)C[C@H](NC(=O)c1ccc(C2CCN(C3CCC3)CC2)cc1)C(=O)N1CC[C@H]2OCC(=O)[C@H]21. The third-order valence-corrected chi connectivity index (χ3v) is 8.58. The van der Waals surface area contributed by atoms with Crippen molar-refractivity contribution < 1.29 is 19.1 Å². The molecule has 1 aromatic rings. The van der Waals surface area contributed by atoms with Crippen LogP contribution in [0, 0.1) is 5.41 Å². The van der Waals surface area contributed by atoms with Gasteiger partial charge in [-0.2, -0.15) is 0 Å². The highest BCUT2D eigenvalue weighted by Crippen LogP contribution is 2.33. The Morgan fingerprint density at radius 3 is 2.33 bits per heavy atom. The average molecular weight is 496 g/mol. The number of carbonyl (C=O) groups excluding carboxylic acids is 3. The monoisotopic (exact) mass is 495 g/mol. The van der Waals surface area contributed by atoms with Crippen LogP contribution in [0.1, 0.15) is 87.6 Å².